The van der Waals surface area contributed by atoms with E-state index in [9.17, 15) is 14.0 Å². The molecule has 0 spiro atoms. The molecule has 178 valence electrons. The monoisotopic (exact) mass is 498 g/mol. The number of rotatable bonds is 8. The first kappa shape index (κ1) is 23.5. The van der Waals surface area contributed by atoms with E-state index in [1.54, 1.807) is 24.4 Å². The molecule has 0 aliphatic heterocycles. The first-order chi connectivity index (χ1) is 17.5. The quantitative estimate of drug-likeness (QED) is 0.180. The summed E-state index contributed by atoms with van der Waals surface area (Å²) in [5, 5.41) is 0.684. The SMILES string of the molecule is O=C(C(=O)c1cn(Cc2ccc(F)cc2)c2ccc(OCc3ccccc3)cc12)c1ccncc1Cl. The van der Waals surface area contributed by atoms with Crippen LogP contribution in [0.15, 0.2) is 97.5 Å². The third-order valence-electron chi connectivity index (χ3n) is 5.83. The van der Waals surface area contributed by atoms with Crippen LogP contribution in [0.25, 0.3) is 10.9 Å². The van der Waals surface area contributed by atoms with Gasteiger partial charge in [-0.25, -0.2) is 4.39 Å². The second-order valence-corrected chi connectivity index (χ2v) is 8.67. The summed E-state index contributed by atoms with van der Waals surface area (Å²) in [6, 6.07) is 22.7. The Morgan fingerprint density at radius 3 is 2.39 bits per heavy atom. The van der Waals surface area contributed by atoms with Crippen molar-refractivity contribution in [3.05, 3.63) is 131 Å². The van der Waals surface area contributed by atoms with Crippen LogP contribution in [-0.2, 0) is 13.2 Å². The minimum atomic E-state index is -0.723. The van der Waals surface area contributed by atoms with Crippen LogP contribution >= 0.6 is 11.6 Å². The average molecular weight is 499 g/mol. The van der Waals surface area contributed by atoms with E-state index >= 15 is 0 Å². The molecule has 5 rings (SSSR count). The van der Waals surface area contributed by atoms with E-state index in [0.717, 1.165) is 16.6 Å². The molecule has 2 heterocycles. The molecule has 0 bridgehead atoms. The van der Waals surface area contributed by atoms with Crippen LogP contribution in [0.4, 0.5) is 4.39 Å². The molecule has 0 saturated carbocycles. The first-order valence-electron chi connectivity index (χ1n) is 11.2. The van der Waals surface area contributed by atoms with Crippen molar-refractivity contribution < 1.29 is 18.7 Å². The van der Waals surface area contributed by atoms with Crippen molar-refractivity contribution in [2.75, 3.05) is 0 Å². The van der Waals surface area contributed by atoms with Crippen LogP contribution in [-0.4, -0.2) is 21.1 Å². The van der Waals surface area contributed by atoms with E-state index in [2.05, 4.69) is 4.98 Å². The zero-order valence-electron chi connectivity index (χ0n) is 19.0. The molecule has 0 aliphatic rings. The summed E-state index contributed by atoms with van der Waals surface area (Å²) in [4.78, 5) is 30.3. The molecule has 0 N–H and O–H groups in total. The molecular formula is C29H20ClFN2O3. The summed E-state index contributed by atoms with van der Waals surface area (Å²) >= 11 is 6.13. The molecule has 5 aromatic rings. The molecule has 36 heavy (non-hydrogen) atoms. The molecule has 0 saturated heterocycles. The van der Waals surface area contributed by atoms with Crippen LogP contribution in [0.3, 0.4) is 0 Å². The average Bonchev–Trinajstić information content (AvgIpc) is 3.26. The highest BCUT2D eigenvalue weighted by Crippen LogP contribution is 2.29. The third kappa shape index (κ3) is 4.90. The number of pyridine rings is 1. The largest absolute Gasteiger partial charge is 0.489 e. The highest BCUT2D eigenvalue weighted by atomic mass is 35.5. The number of hydrogen-bond donors (Lipinski definition) is 0. The molecule has 2 aromatic heterocycles. The predicted molar refractivity (Wildman–Crippen MR) is 136 cm³/mol. The van der Waals surface area contributed by atoms with Crippen molar-refractivity contribution in [1.29, 1.82) is 0 Å². The molecule has 7 heteroatoms. The van der Waals surface area contributed by atoms with E-state index in [0.29, 0.717) is 24.3 Å². The number of ether oxygens (including phenoxy) is 1. The van der Waals surface area contributed by atoms with Crippen molar-refractivity contribution in [2.45, 2.75) is 13.2 Å². The number of aromatic nitrogens is 2. The molecule has 0 aliphatic carbocycles. The Morgan fingerprint density at radius 2 is 1.64 bits per heavy atom. The Balaban J connectivity index is 1.53. The van der Waals surface area contributed by atoms with Crippen LogP contribution in [0.2, 0.25) is 5.02 Å². The van der Waals surface area contributed by atoms with Crippen molar-refractivity contribution >= 4 is 34.1 Å². The Morgan fingerprint density at radius 1 is 0.889 bits per heavy atom. The molecule has 0 fully saturated rings. The standard InChI is InChI=1S/C29H20ClFN2O3/c30-26-15-32-13-12-23(26)28(34)29(35)25-17-33(16-19-6-8-21(31)9-7-19)27-11-10-22(14-24(25)27)36-18-20-4-2-1-3-5-20/h1-15,17H,16,18H2. The van der Waals surface area contributed by atoms with Gasteiger partial charge in [0.25, 0.3) is 0 Å². The van der Waals surface area contributed by atoms with E-state index in [4.69, 9.17) is 16.3 Å². The fourth-order valence-corrected chi connectivity index (χ4v) is 4.21. The highest BCUT2D eigenvalue weighted by Gasteiger charge is 2.25. The van der Waals surface area contributed by atoms with Crippen LogP contribution in [0.1, 0.15) is 31.8 Å². The summed E-state index contributed by atoms with van der Waals surface area (Å²) in [7, 11) is 0. The zero-order chi connectivity index (χ0) is 25.1. The van der Waals surface area contributed by atoms with Crippen molar-refractivity contribution in [3.63, 3.8) is 0 Å². The fraction of sp³-hybridized carbons (Fsp3) is 0.0690. The Hall–Kier alpha value is -4.29. The molecule has 0 unspecified atom stereocenters. The van der Waals surface area contributed by atoms with E-state index in [-0.39, 0.29) is 22.0 Å². The van der Waals surface area contributed by atoms with E-state index in [1.807, 2.05) is 47.0 Å². The molecule has 0 amide bonds. The summed E-state index contributed by atoms with van der Waals surface area (Å²) in [5.74, 6) is -1.17. The van der Waals surface area contributed by atoms with Gasteiger partial charge in [-0.15, -0.1) is 0 Å². The maximum absolute atomic E-state index is 13.4. The van der Waals surface area contributed by atoms with Gasteiger partial charge in [-0.2, -0.15) is 0 Å². The van der Waals surface area contributed by atoms with Crippen LogP contribution in [0, 0.1) is 5.82 Å². The van der Waals surface area contributed by atoms with Crippen molar-refractivity contribution in [2.24, 2.45) is 0 Å². The Labute approximate surface area is 211 Å². The second-order valence-electron chi connectivity index (χ2n) is 8.26. The number of carbonyl (C=O) groups excluding carboxylic acids is 2. The smallest absolute Gasteiger partial charge is 0.235 e. The fourth-order valence-electron chi connectivity index (χ4n) is 4.01. The lowest BCUT2D eigenvalue weighted by atomic mass is 10.0. The predicted octanol–water partition coefficient (Wildman–Crippen LogP) is 6.52. The number of fused-ring (bicyclic) bond motifs is 1. The Kier molecular flexibility index (Phi) is 6.60. The maximum Gasteiger partial charge on any atom is 0.235 e. The number of benzene rings is 3. The molecule has 5 nitrogen and oxygen atoms in total. The van der Waals surface area contributed by atoms with Gasteiger partial charge in [0, 0.05) is 41.6 Å². The van der Waals surface area contributed by atoms with E-state index < -0.39 is 11.6 Å². The molecule has 3 aromatic carbocycles. The number of ketones is 2. The number of Topliss-reactive ketones (excluding diaryl/α,β-unsaturated/α-hetero) is 2. The highest BCUT2D eigenvalue weighted by molar-refractivity contribution is 6.53. The van der Waals surface area contributed by atoms with Gasteiger partial charge in [0.1, 0.15) is 18.2 Å². The lowest BCUT2D eigenvalue weighted by molar-refractivity contribution is 0.0818. The second kappa shape index (κ2) is 10.1. The normalized spacial score (nSPS) is 10.9. The lowest BCUT2D eigenvalue weighted by Crippen LogP contribution is -2.15. The first-order valence-corrected chi connectivity index (χ1v) is 11.6. The molecular weight excluding hydrogens is 479 g/mol. The van der Waals surface area contributed by atoms with Crippen LogP contribution in [0.5, 0.6) is 5.75 Å². The Bertz CT molecular complexity index is 1560. The van der Waals surface area contributed by atoms with Gasteiger partial charge >= 0.3 is 0 Å². The van der Waals surface area contributed by atoms with Gasteiger partial charge in [-0.1, -0.05) is 54.1 Å². The number of carbonyl (C=O) groups is 2. The minimum Gasteiger partial charge on any atom is -0.489 e. The van der Waals surface area contributed by atoms with Gasteiger partial charge in [0.15, 0.2) is 0 Å². The number of halogens is 2. The van der Waals surface area contributed by atoms with Gasteiger partial charge < -0.3 is 9.30 Å². The van der Waals surface area contributed by atoms with E-state index in [1.165, 1.54) is 30.6 Å². The summed E-state index contributed by atoms with van der Waals surface area (Å²) in [6.45, 7) is 0.746. The third-order valence-corrected chi connectivity index (χ3v) is 6.14. The van der Waals surface area contributed by atoms with Gasteiger partial charge in [0.05, 0.1) is 10.6 Å². The zero-order valence-corrected chi connectivity index (χ0v) is 19.8. The van der Waals surface area contributed by atoms with Gasteiger partial charge in [-0.3, -0.25) is 14.6 Å². The summed E-state index contributed by atoms with van der Waals surface area (Å²) in [6.07, 6.45) is 4.39. The van der Waals surface area contributed by atoms with Crippen molar-refractivity contribution in [3.8, 4) is 5.75 Å². The van der Waals surface area contributed by atoms with Gasteiger partial charge in [-0.05, 0) is 47.5 Å². The summed E-state index contributed by atoms with van der Waals surface area (Å²) in [5.41, 5.74) is 2.91. The summed E-state index contributed by atoms with van der Waals surface area (Å²) < 4.78 is 21.2. The topological polar surface area (TPSA) is 61.2 Å². The maximum atomic E-state index is 13.4. The molecule has 0 radical (unpaired) electrons. The minimum absolute atomic E-state index is 0.0904. The molecule has 0 atom stereocenters. The number of nitrogens with zero attached hydrogens (tertiary/aromatic N) is 2. The lowest BCUT2D eigenvalue weighted by Gasteiger charge is -2.09. The van der Waals surface area contributed by atoms with Crippen molar-refractivity contribution in [1.82, 2.24) is 9.55 Å². The number of hydrogen-bond acceptors (Lipinski definition) is 4. The van der Waals surface area contributed by atoms with Crippen LogP contribution < -0.4 is 4.74 Å². The van der Waals surface area contributed by atoms with Gasteiger partial charge in [0.2, 0.25) is 11.6 Å².